The first-order valence-electron chi connectivity index (χ1n) is 10.1. The first-order valence-corrected chi connectivity index (χ1v) is 11.9. The number of hydrogen-bond donors (Lipinski definition) is 1. The predicted molar refractivity (Wildman–Crippen MR) is 117 cm³/mol. The highest BCUT2D eigenvalue weighted by atomic mass is 35.5. The van der Waals surface area contributed by atoms with Gasteiger partial charge in [-0.05, 0) is 62.9 Å². The molecule has 1 amide bonds. The lowest BCUT2D eigenvalue weighted by molar-refractivity contribution is -0.137. The number of sulfonamides is 1. The van der Waals surface area contributed by atoms with Crippen molar-refractivity contribution in [1.82, 2.24) is 4.31 Å². The fourth-order valence-electron chi connectivity index (χ4n) is 4.17. The van der Waals surface area contributed by atoms with Crippen molar-refractivity contribution in [1.29, 1.82) is 0 Å². The van der Waals surface area contributed by atoms with E-state index < -0.39 is 39.3 Å². The standard InChI is InChI=1S/C22H24ClF3N2O3S/c1-13-9-14(2)20(15(3)10-13)32(30,31)28-8-4-5-16(12-28)21(29)27-19-7-6-17(23)11-18(19)22(24,25)26/h6-7,9-11,16H,4-5,8,12H2,1-3H3,(H,27,29)/t16-/m0/s1. The summed E-state index contributed by atoms with van der Waals surface area (Å²) < 4.78 is 67.9. The lowest BCUT2D eigenvalue weighted by atomic mass is 9.98. The second kappa shape index (κ2) is 9.03. The Labute approximate surface area is 190 Å². The van der Waals surface area contributed by atoms with Gasteiger partial charge in [-0.15, -0.1) is 0 Å². The van der Waals surface area contributed by atoms with E-state index in [4.69, 9.17) is 11.6 Å². The number of hydrogen-bond acceptors (Lipinski definition) is 3. The Balaban J connectivity index is 1.84. The molecule has 0 saturated carbocycles. The molecule has 2 aromatic carbocycles. The smallest absolute Gasteiger partial charge is 0.325 e. The van der Waals surface area contributed by atoms with Crippen LogP contribution in [0.1, 0.15) is 35.1 Å². The summed E-state index contributed by atoms with van der Waals surface area (Å²) in [5.41, 5.74) is 0.718. The van der Waals surface area contributed by atoms with Gasteiger partial charge in [0.25, 0.3) is 0 Å². The molecule has 1 atom stereocenters. The lowest BCUT2D eigenvalue weighted by Crippen LogP contribution is -2.44. The maximum atomic E-state index is 13.3. The molecule has 3 rings (SSSR count). The highest BCUT2D eigenvalue weighted by Crippen LogP contribution is 2.37. The molecule has 0 aromatic heterocycles. The average molecular weight is 489 g/mol. The summed E-state index contributed by atoms with van der Waals surface area (Å²) in [7, 11) is -3.86. The van der Waals surface area contributed by atoms with Crippen LogP contribution in [-0.2, 0) is 21.0 Å². The van der Waals surface area contributed by atoms with Gasteiger partial charge in [-0.25, -0.2) is 8.42 Å². The van der Waals surface area contributed by atoms with Crippen LogP contribution in [0.25, 0.3) is 0 Å². The number of piperidine rings is 1. The van der Waals surface area contributed by atoms with Gasteiger partial charge < -0.3 is 5.32 Å². The molecule has 0 bridgehead atoms. The van der Waals surface area contributed by atoms with Gasteiger partial charge in [0, 0.05) is 18.1 Å². The van der Waals surface area contributed by atoms with Crippen molar-refractivity contribution < 1.29 is 26.4 Å². The molecule has 5 nitrogen and oxygen atoms in total. The van der Waals surface area contributed by atoms with Gasteiger partial charge in [-0.2, -0.15) is 17.5 Å². The Hall–Kier alpha value is -2.10. The van der Waals surface area contributed by atoms with E-state index in [1.807, 2.05) is 6.92 Å². The fourth-order valence-corrected chi connectivity index (χ4v) is 6.28. The quantitative estimate of drug-likeness (QED) is 0.633. The first kappa shape index (κ1) is 24.5. The molecule has 32 heavy (non-hydrogen) atoms. The molecular weight excluding hydrogens is 465 g/mol. The molecule has 1 fully saturated rings. The highest BCUT2D eigenvalue weighted by molar-refractivity contribution is 7.89. The molecule has 1 N–H and O–H groups in total. The Kier molecular flexibility index (Phi) is 6.93. The number of aryl methyl sites for hydroxylation is 3. The van der Waals surface area contributed by atoms with Crippen molar-refractivity contribution in [2.24, 2.45) is 5.92 Å². The van der Waals surface area contributed by atoms with Gasteiger partial charge in [-0.3, -0.25) is 4.79 Å². The number of benzene rings is 2. The number of anilines is 1. The van der Waals surface area contributed by atoms with Crippen LogP contribution < -0.4 is 5.32 Å². The molecule has 10 heteroatoms. The molecule has 1 aliphatic heterocycles. The van der Waals surface area contributed by atoms with Crippen LogP contribution in [-0.4, -0.2) is 31.7 Å². The number of amides is 1. The maximum Gasteiger partial charge on any atom is 0.418 e. The summed E-state index contributed by atoms with van der Waals surface area (Å²) in [5, 5.41) is 2.21. The van der Waals surface area contributed by atoms with E-state index in [0.29, 0.717) is 24.0 Å². The van der Waals surface area contributed by atoms with Gasteiger partial charge in [0.05, 0.1) is 22.1 Å². The van der Waals surface area contributed by atoms with Crippen LogP contribution in [0, 0.1) is 26.7 Å². The summed E-state index contributed by atoms with van der Waals surface area (Å²) >= 11 is 5.68. The van der Waals surface area contributed by atoms with Gasteiger partial charge in [-0.1, -0.05) is 29.3 Å². The van der Waals surface area contributed by atoms with Crippen molar-refractivity contribution in [2.45, 2.75) is 44.7 Å². The van der Waals surface area contributed by atoms with E-state index in [1.165, 1.54) is 10.4 Å². The predicted octanol–water partition coefficient (Wildman–Crippen LogP) is 5.32. The first-order chi connectivity index (χ1) is 14.8. The topological polar surface area (TPSA) is 66.5 Å². The zero-order valence-electron chi connectivity index (χ0n) is 17.9. The van der Waals surface area contributed by atoms with Crippen LogP contribution in [0.15, 0.2) is 35.2 Å². The van der Waals surface area contributed by atoms with Crippen LogP contribution in [0.4, 0.5) is 18.9 Å². The number of carbonyl (C=O) groups is 1. The fraction of sp³-hybridized carbons (Fsp3) is 0.409. The molecule has 174 valence electrons. The second-order valence-electron chi connectivity index (χ2n) is 8.11. The van der Waals surface area contributed by atoms with E-state index in [1.54, 1.807) is 26.0 Å². The molecule has 0 radical (unpaired) electrons. The monoisotopic (exact) mass is 488 g/mol. The lowest BCUT2D eigenvalue weighted by Gasteiger charge is -2.32. The third-order valence-electron chi connectivity index (χ3n) is 5.50. The molecular formula is C22H24ClF3N2O3S. The van der Waals surface area contributed by atoms with Gasteiger partial charge in [0.1, 0.15) is 0 Å². The molecule has 1 aliphatic rings. The minimum atomic E-state index is -4.70. The third-order valence-corrected chi connectivity index (χ3v) is 7.91. The average Bonchev–Trinajstić information content (AvgIpc) is 2.67. The number of halogens is 4. The van der Waals surface area contributed by atoms with Crippen molar-refractivity contribution in [3.63, 3.8) is 0 Å². The van der Waals surface area contributed by atoms with Gasteiger partial charge in [0.15, 0.2) is 0 Å². The van der Waals surface area contributed by atoms with E-state index in [9.17, 15) is 26.4 Å². The minimum Gasteiger partial charge on any atom is -0.325 e. The molecule has 0 spiro atoms. The Bertz CT molecular complexity index is 1130. The number of nitrogens with one attached hydrogen (secondary N) is 1. The SMILES string of the molecule is Cc1cc(C)c(S(=O)(=O)N2CCC[C@H](C(=O)Nc3ccc(Cl)cc3C(F)(F)F)C2)c(C)c1. The molecule has 1 saturated heterocycles. The molecule has 1 heterocycles. The number of carbonyl (C=O) groups excluding carboxylic acids is 1. The summed E-state index contributed by atoms with van der Waals surface area (Å²) in [4.78, 5) is 13.0. The van der Waals surface area contributed by atoms with E-state index in [0.717, 1.165) is 17.7 Å². The van der Waals surface area contributed by atoms with Crippen LogP contribution >= 0.6 is 11.6 Å². The second-order valence-corrected chi connectivity index (χ2v) is 10.4. The Morgan fingerprint density at radius 3 is 2.34 bits per heavy atom. The zero-order chi connectivity index (χ0) is 23.8. The minimum absolute atomic E-state index is 0.101. The Morgan fingerprint density at radius 1 is 1.12 bits per heavy atom. The summed E-state index contributed by atoms with van der Waals surface area (Å²) in [6.45, 7) is 5.47. The number of rotatable bonds is 4. The van der Waals surface area contributed by atoms with Crippen LogP contribution in [0.5, 0.6) is 0 Å². The number of nitrogens with zero attached hydrogens (tertiary/aromatic N) is 1. The highest BCUT2D eigenvalue weighted by Gasteiger charge is 2.37. The van der Waals surface area contributed by atoms with Gasteiger partial charge in [0.2, 0.25) is 15.9 Å². The van der Waals surface area contributed by atoms with Crippen LogP contribution in [0.3, 0.4) is 0 Å². The van der Waals surface area contributed by atoms with Crippen molar-refractivity contribution >= 4 is 33.2 Å². The normalized spacial score (nSPS) is 17.9. The van der Waals surface area contributed by atoms with Crippen LogP contribution in [0.2, 0.25) is 5.02 Å². The van der Waals surface area contributed by atoms with Crippen molar-refractivity contribution in [2.75, 3.05) is 18.4 Å². The van der Waals surface area contributed by atoms with E-state index in [-0.39, 0.29) is 23.0 Å². The van der Waals surface area contributed by atoms with Crippen molar-refractivity contribution in [3.05, 3.63) is 57.6 Å². The summed E-state index contributed by atoms with van der Waals surface area (Å²) in [6, 6.07) is 6.67. The third kappa shape index (κ3) is 5.10. The largest absolute Gasteiger partial charge is 0.418 e. The summed E-state index contributed by atoms with van der Waals surface area (Å²) in [5.74, 6) is -1.43. The molecule has 2 aromatic rings. The Morgan fingerprint density at radius 2 is 1.75 bits per heavy atom. The van der Waals surface area contributed by atoms with Crippen molar-refractivity contribution in [3.8, 4) is 0 Å². The zero-order valence-corrected chi connectivity index (χ0v) is 19.5. The van der Waals surface area contributed by atoms with Gasteiger partial charge >= 0.3 is 6.18 Å². The molecule has 0 unspecified atom stereocenters. The summed E-state index contributed by atoms with van der Waals surface area (Å²) in [6.07, 6.45) is -3.90. The molecule has 0 aliphatic carbocycles. The maximum absolute atomic E-state index is 13.3. The van der Waals surface area contributed by atoms with E-state index in [2.05, 4.69) is 5.32 Å². The van der Waals surface area contributed by atoms with E-state index >= 15 is 0 Å². The number of alkyl halides is 3.